The summed E-state index contributed by atoms with van der Waals surface area (Å²) in [5, 5.41) is 4.58. The van der Waals surface area contributed by atoms with E-state index >= 15 is 0 Å². The first-order valence-corrected chi connectivity index (χ1v) is 8.92. The first-order chi connectivity index (χ1) is 10.2. The first-order valence-electron chi connectivity index (χ1n) is 8.11. The first kappa shape index (κ1) is 16.7. The lowest BCUT2D eigenvalue weighted by atomic mass is 9.82. The molecule has 1 aromatic rings. The van der Waals surface area contributed by atoms with Crippen LogP contribution in [0.5, 0.6) is 0 Å². The van der Waals surface area contributed by atoms with Crippen LogP contribution < -0.4 is 10.2 Å². The fourth-order valence-corrected chi connectivity index (χ4v) is 4.11. The second-order valence-corrected chi connectivity index (χ2v) is 7.02. The normalized spacial score (nSPS) is 17.6. The lowest BCUT2D eigenvalue weighted by Crippen LogP contribution is -2.26. The molecule has 1 saturated heterocycles. The van der Waals surface area contributed by atoms with Gasteiger partial charge in [0.1, 0.15) is 0 Å². The predicted octanol–water partition coefficient (Wildman–Crippen LogP) is 3.42. The van der Waals surface area contributed by atoms with E-state index in [9.17, 15) is 0 Å². The van der Waals surface area contributed by atoms with Gasteiger partial charge in [0.25, 0.3) is 0 Å². The minimum absolute atomic E-state index is 0.495. The minimum Gasteiger partial charge on any atom is -0.378 e. The number of hydrogen-bond acceptors (Lipinski definition) is 5. The van der Waals surface area contributed by atoms with Crippen molar-refractivity contribution in [2.75, 3.05) is 31.6 Å². The summed E-state index contributed by atoms with van der Waals surface area (Å²) >= 11 is 1.83. The van der Waals surface area contributed by atoms with E-state index < -0.39 is 0 Å². The van der Waals surface area contributed by atoms with Gasteiger partial charge in [-0.15, -0.1) is 11.3 Å². The van der Waals surface area contributed by atoms with Crippen molar-refractivity contribution in [1.82, 2.24) is 10.3 Å². The van der Waals surface area contributed by atoms with Crippen LogP contribution in [0.25, 0.3) is 0 Å². The minimum atomic E-state index is 0.495. The molecule has 4 nitrogen and oxygen atoms in total. The van der Waals surface area contributed by atoms with Crippen LogP contribution in [0.1, 0.15) is 50.6 Å². The maximum Gasteiger partial charge on any atom is 0.185 e. The van der Waals surface area contributed by atoms with Crippen LogP contribution in [0.4, 0.5) is 5.13 Å². The quantitative estimate of drug-likeness (QED) is 0.798. The molecule has 120 valence electrons. The van der Waals surface area contributed by atoms with Crippen LogP contribution in [0.15, 0.2) is 0 Å². The van der Waals surface area contributed by atoms with Gasteiger partial charge in [-0.05, 0) is 31.2 Å². The fourth-order valence-electron chi connectivity index (χ4n) is 3.06. The molecule has 0 amide bonds. The maximum absolute atomic E-state index is 5.31. The van der Waals surface area contributed by atoms with Gasteiger partial charge >= 0.3 is 0 Å². The Morgan fingerprint density at radius 2 is 2.10 bits per heavy atom. The Hall–Kier alpha value is -0.650. The number of nitrogens with zero attached hydrogens (tertiary/aromatic N) is 2. The smallest absolute Gasteiger partial charge is 0.185 e. The van der Waals surface area contributed by atoms with Crippen LogP contribution in [0, 0.1) is 5.41 Å². The highest BCUT2D eigenvalue weighted by Gasteiger charge is 2.36. The number of thiazole rings is 1. The molecule has 0 aromatic carbocycles. The molecule has 0 spiro atoms. The molecule has 21 heavy (non-hydrogen) atoms. The zero-order valence-electron chi connectivity index (χ0n) is 13.9. The van der Waals surface area contributed by atoms with Crippen molar-refractivity contribution in [3.05, 3.63) is 10.6 Å². The molecule has 1 N–H and O–H groups in total. The van der Waals surface area contributed by atoms with E-state index in [-0.39, 0.29) is 0 Å². The largest absolute Gasteiger partial charge is 0.378 e. The van der Waals surface area contributed by atoms with Gasteiger partial charge in [-0.25, -0.2) is 4.98 Å². The Labute approximate surface area is 132 Å². The molecule has 2 heterocycles. The molecular formula is C16H29N3OS. The Morgan fingerprint density at radius 1 is 1.33 bits per heavy atom. The van der Waals surface area contributed by atoms with Gasteiger partial charge in [-0.2, -0.15) is 0 Å². The number of anilines is 1. The summed E-state index contributed by atoms with van der Waals surface area (Å²) in [5.41, 5.74) is 1.60. The number of methoxy groups -OCH3 is 1. The average Bonchev–Trinajstić information content (AvgIpc) is 3.10. The van der Waals surface area contributed by atoms with Crippen molar-refractivity contribution < 1.29 is 4.74 Å². The van der Waals surface area contributed by atoms with Gasteiger partial charge in [0.05, 0.1) is 12.3 Å². The Balaban J connectivity index is 2.13. The van der Waals surface area contributed by atoms with Crippen molar-refractivity contribution >= 4 is 16.5 Å². The third-order valence-electron chi connectivity index (χ3n) is 4.79. The van der Waals surface area contributed by atoms with Gasteiger partial charge < -0.3 is 15.0 Å². The molecule has 0 saturated carbocycles. The van der Waals surface area contributed by atoms with Crippen molar-refractivity contribution in [2.24, 2.45) is 5.41 Å². The number of nitrogens with one attached hydrogen (secondary N) is 1. The second kappa shape index (κ2) is 7.56. The molecule has 0 radical (unpaired) electrons. The van der Waals surface area contributed by atoms with Crippen LogP contribution >= 0.6 is 11.3 Å². The van der Waals surface area contributed by atoms with Crippen LogP contribution in [-0.4, -0.2) is 31.7 Å². The average molecular weight is 311 g/mol. The highest BCUT2D eigenvalue weighted by molar-refractivity contribution is 7.15. The number of aromatic nitrogens is 1. The van der Waals surface area contributed by atoms with E-state index in [0.29, 0.717) is 12.0 Å². The summed E-state index contributed by atoms with van der Waals surface area (Å²) in [6.45, 7) is 11.6. The molecule has 1 fully saturated rings. The van der Waals surface area contributed by atoms with Gasteiger partial charge in [0.15, 0.2) is 5.13 Å². The lowest BCUT2D eigenvalue weighted by Gasteiger charge is -2.26. The maximum atomic E-state index is 5.31. The third kappa shape index (κ3) is 3.76. The van der Waals surface area contributed by atoms with E-state index in [1.807, 2.05) is 11.3 Å². The van der Waals surface area contributed by atoms with Crippen molar-refractivity contribution in [1.29, 1.82) is 0 Å². The van der Waals surface area contributed by atoms with Gasteiger partial charge in [-0.3, -0.25) is 0 Å². The molecule has 1 aliphatic rings. The summed E-state index contributed by atoms with van der Waals surface area (Å²) < 4.78 is 5.31. The molecule has 1 aromatic heterocycles. The molecule has 0 unspecified atom stereocenters. The molecule has 0 atom stereocenters. The molecule has 1 aliphatic heterocycles. The monoisotopic (exact) mass is 311 g/mol. The van der Waals surface area contributed by atoms with Gasteiger partial charge in [0, 0.05) is 31.6 Å². The summed E-state index contributed by atoms with van der Waals surface area (Å²) in [4.78, 5) is 8.65. The van der Waals surface area contributed by atoms with Gasteiger partial charge in [-0.1, -0.05) is 20.8 Å². The number of rotatable bonds is 8. The van der Waals surface area contributed by atoms with Crippen LogP contribution in [0.3, 0.4) is 0 Å². The highest BCUT2D eigenvalue weighted by atomic mass is 32.1. The zero-order chi connectivity index (χ0) is 15.3. The summed E-state index contributed by atoms with van der Waals surface area (Å²) in [5.74, 6) is 0. The SMILES string of the molecule is CCNCc1sc(N2CCC(CC)(CC)C2)nc1COC. The summed E-state index contributed by atoms with van der Waals surface area (Å²) in [6, 6.07) is 0. The zero-order valence-corrected chi connectivity index (χ0v) is 14.7. The van der Waals surface area contributed by atoms with Crippen LogP contribution in [0.2, 0.25) is 0 Å². The lowest BCUT2D eigenvalue weighted by molar-refractivity contribution is 0.181. The molecular weight excluding hydrogens is 282 g/mol. The standard InChI is InChI=1S/C16H29N3OS/c1-5-16(6-2)8-9-19(12-16)15-18-13(11-20-4)14(21-15)10-17-7-3/h17H,5-12H2,1-4H3. The third-order valence-corrected chi connectivity index (χ3v) is 5.95. The highest BCUT2D eigenvalue weighted by Crippen LogP contribution is 2.40. The topological polar surface area (TPSA) is 37.4 Å². The molecule has 0 aliphatic carbocycles. The Bertz CT molecular complexity index is 443. The summed E-state index contributed by atoms with van der Waals surface area (Å²) in [7, 11) is 1.74. The Morgan fingerprint density at radius 3 is 2.67 bits per heavy atom. The van der Waals surface area contributed by atoms with Crippen molar-refractivity contribution in [3.8, 4) is 0 Å². The van der Waals surface area contributed by atoms with Crippen LogP contribution in [-0.2, 0) is 17.9 Å². The predicted molar refractivity (Wildman–Crippen MR) is 90.1 cm³/mol. The van der Waals surface area contributed by atoms with E-state index in [4.69, 9.17) is 9.72 Å². The fraction of sp³-hybridized carbons (Fsp3) is 0.812. The van der Waals surface area contributed by atoms with E-state index in [1.165, 1.54) is 29.3 Å². The van der Waals surface area contributed by atoms with Crippen molar-refractivity contribution in [2.45, 2.75) is 53.2 Å². The second-order valence-electron chi connectivity index (χ2n) is 5.96. The number of hydrogen-bond donors (Lipinski definition) is 1. The molecule has 0 bridgehead atoms. The molecule has 5 heteroatoms. The van der Waals surface area contributed by atoms with Gasteiger partial charge in [0.2, 0.25) is 0 Å². The van der Waals surface area contributed by atoms with E-state index in [2.05, 4.69) is 31.0 Å². The summed E-state index contributed by atoms with van der Waals surface area (Å²) in [6.07, 6.45) is 3.82. The Kier molecular flexibility index (Phi) is 6.02. The van der Waals surface area contributed by atoms with Crippen molar-refractivity contribution in [3.63, 3.8) is 0 Å². The van der Waals surface area contributed by atoms with E-state index in [0.717, 1.165) is 31.9 Å². The van der Waals surface area contributed by atoms with E-state index in [1.54, 1.807) is 7.11 Å². The molecule has 2 rings (SSSR count). The number of ether oxygens (including phenoxy) is 1.